The minimum atomic E-state index is -0.937. The highest BCUT2D eigenvalue weighted by molar-refractivity contribution is 6.12. The summed E-state index contributed by atoms with van der Waals surface area (Å²) in [5, 5.41) is 19.0. The summed E-state index contributed by atoms with van der Waals surface area (Å²) >= 11 is 0. The zero-order valence-corrected chi connectivity index (χ0v) is 22.7. The number of fused-ring (bicyclic) bond motifs is 3. The Labute approximate surface area is 231 Å². The number of halogens is 1. The number of pyridine rings is 1. The number of rotatable bonds is 7. The maximum absolute atomic E-state index is 13.4. The van der Waals surface area contributed by atoms with Crippen molar-refractivity contribution < 1.29 is 9.18 Å². The quantitative estimate of drug-likeness (QED) is 0.329. The fourth-order valence-corrected chi connectivity index (χ4v) is 5.61. The predicted octanol–water partition coefficient (Wildman–Crippen LogP) is 4.06. The highest BCUT2D eigenvalue weighted by atomic mass is 19.1. The first-order chi connectivity index (χ1) is 19.3. The molecule has 0 aliphatic carbocycles. The minimum Gasteiger partial charge on any atom is -0.364 e. The van der Waals surface area contributed by atoms with Crippen LogP contribution in [0.4, 0.5) is 4.39 Å². The van der Waals surface area contributed by atoms with Gasteiger partial charge in [-0.15, -0.1) is 0 Å². The van der Waals surface area contributed by atoms with Crippen molar-refractivity contribution in [2.45, 2.75) is 44.8 Å². The van der Waals surface area contributed by atoms with E-state index in [9.17, 15) is 9.18 Å². The number of hydrogen-bond donors (Lipinski definition) is 3. The average Bonchev–Trinajstić information content (AvgIpc) is 3.69. The number of carbonyl (C=O) groups is 1. The van der Waals surface area contributed by atoms with Gasteiger partial charge in [0.2, 0.25) is 5.91 Å². The Balaban J connectivity index is 1.46. The van der Waals surface area contributed by atoms with Gasteiger partial charge in [0, 0.05) is 48.2 Å². The normalized spacial score (nSPS) is 21.1. The molecule has 2 aliphatic heterocycles. The molecule has 3 N–H and O–H groups in total. The highest BCUT2D eigenvalue weighted by Crippen LogP contribution is 2.43. The smallest absolute Gasteiger partial charge is 0.248 e. The van der Waals surface area contributed by atoms with E-state index in [2.05, 4.69) is 44.4 Å². The number of allylic oxidation sites excluding steroid dienone is 1. The number of nitrogens with one attached hydrogen (secondary N) is 3. The number of amides is 1. The molecule has 0 bridgehead atoms. The van der Waals surface area contributed by atoms with Crippen LogP contribution in [-0.2, 0) is 23.3 Å². The zero-order chi connectivity index (χ0) is 28.0. The molecule has 4 aromatic rings. The van der Waals surface area contributed by atoms with Crippen LogP contribution in [-0.4, -0.2) is 49.5 Å². The molecule has 3 aromatic heterocycles. The fraction of sp³-hybridized carbons (Fsp3) is 0.267. The molecule has 9 nitrogen and oxygen atoms in total. The Kier molecular flexibility index (Phi) is 6.34. The summed E-state index contributed by atoms with van der Waals surface area (Å²) in [6.07, 6.45) is 7.73. The lowest BCUT2D eigenvalue weighted by atomic mass is 9.75. The lowest BCUT2D eigenvalue weighted by Gasteiger charge is -2.42. The first kappa shape index (κ1) is 25.7. The summed E-state index contributed by atoms with van der Waals surface area (Å²) in [7, 11) is 1.68. The molecule has 1 aromatic carbocycles. The first-order valence-corrected chi connectivity index (χ1v) is 13.3. The van der Waals surface area contributed by atoms with Crippen molar-refractivity contribution in [2.75, 3.05) is 7.05 Å². The molecule has 0 fully saturated rings. The molecule has 0 spiro atoms. The summed E-state index contributed by atoms with van der Waals surface area (Å²) < 4.78 is 15.2. The van der Waals surface area contributed by atoms with E-state index in [1.165, 1.54) is 17.3 Å². The molecule has 1 amide bonds. The molecule has 0 saturated carbocycles. The third-order valence-corrected chi connectivity index (χ3v) is 7.79. The van der Waals surface area contributed by atoms with Crippen molar-refractivity contribution in [2.24, 2.45) is 5.10 Å². The average molecular weight is 539 g/mol. The zero-order valence-electron chi connectivity index (χ0n) is 22.7. The Bertz CT molecular complexity index is 1680. The summed E-state index contributed by atoms with van der Waals surface area (Å²) in [6, 6.07) is 11.0. The number of H-pyrrole nitrogens is 1. The van der Waals surface area contributed by atoms with Crippen LogP contribution in [0.2, 0.25) is 0 Å². The second-order valence-corrected chi connectivity index (χ2v) is 10.3. The van der Waals surface area contributed by atoms with Gasteiger partial charge in [-0.2, -0.15) is 10.2 Å². The molecule has 1 unspecified atom stereocenters. The van der Waals surface area contributed by atoms with E-state index >= 15 is 0 Å². The van der Waals surface area contributed by atoms with E-state index in [-0.39, 0.29) is 24.2 Å². The van der Waals surface area contributed by atoms with E-state index in [0.29, 0.717) is 24.4 Å². The Morgan fingerprint density at radius 1 is 1.27 bits per heavy atom. The van der Waals surface area contributed by atoms with Gasteiger partial charge in [0.15, 0.2) is 0 Å². The van der Waals surface area contributed by atoms with Crippen molar-refractivity contribution in [1.29, 1.82) is 0 Å². The van der Waals surface area contributed by atoms with Gasteiger partial charge in [0.1, 0.15) is 11.4 Å². The standard InChI is InChI=1S/C30H31FN8O/c1-5-39-17-20(15-34-39)30(27-13-28(40)38(4)37-27)29-23(22-8-6-7-9-25(22)35-29)12-26(36-30)19(3)32-14-18(2)24-11-10-21(31)16-33-24/h6-11,14-17,26,32,35-36H,3,5,12-13H2,1-2,4H3/b18-14+/t26-,30?/m1/s1. The van der Waals surface area contributed by atoms with Crippen molar-refractivity contribution >= 4 is 28.1 Å². The lowest BCUT2D eigenvalue weighted by Crippen LogP contribution is -2.59. The molecule has 0 saturated heterocycles. The molecule has 6 rings (SSSR count). The molecule has 2 aliphatic rings. The molecule has 2 atom stereocenters. The molecule has 0 radical (unpaired) electrons. The predicted molar refractivity (Wildman–Crippen MR) is 153 cm³/mol. The SMILES string of the molecule is C=C(N/C=C(\C)c1ccc(F)cn1)[C@H]1Cc2c([nH]c3ccccc23)C(C2=NN(C)C(=O)C2)(c2cnn(CC)c2)N1. The van der Waals surface area contributed by atoms with E-state index in [4.69, 9.17) is 5.10 Å². The number of benzene rings is 1. The number of aromatic amines is 1. The third kappa shape index (κ3) is 4.21. The van der Waals surface area contributed by atoms with Crippen LogP contribution in [0.1, 0.15) is 42.8 Å². The van der Waals surface area contributed by atoms with Gasteiger partial charge in [-0.25, -0.2) is 9.40 Å². The number of nitrogens with zero attached hydrogens (tertiary/aromatic N) is 5. The van der Waals surface area contributed by atoms with Crippen molar-refractivity contribution in [3.8, 4) is 0 Å². The first-order valence-electron chi connectivity index (χ1n) is 13.3. The molecular weight excluding hydrogens is 507 g/mol. The summed E-state index contributed by atoms with van der Waals surface area (Å²) in [4.78, 5) is 20.6. The van der Waals surface area contributed by atoms with Gasteiger partial charge < -0.3 is 10.3 Å². The van der Waals surface area contributed by atoms with Gasteiger partial charge in [-0.1, -0.05) is 24.8 Å². The van der Waals surface area contributed by atoms with Gasteiger partial charge in [-0.05, 0) is 49.6 Å². The monoisotopic (exact) mass is 538 g/mol. The van der Waals surface area contributed by atoms with Crippen LogP contribution in [0.5, 0.6) is 0 Å². The number of aromatic nitrogens is 4. The van der Waals surface area contributed by atoms with Gasteiger partial charge >= 0.3 is 0 Å². The largest absolute Gasteiger partial charge is 0.364 e. The van der Waals surface area contributed by atoms with Crippen LogP contribution in [0.25, 0.3) is 16.5 Å². The molecule has 5 heterocycles. The van der Waals surface area contributed by atoms with Crippen LogP contribution in [0.15, 0.2) is 78.6 Å². The molecule has 10 heteroatoms. The maximum atomic E-state index is 13.4. The summed E-state index contributed by atoms with van der Waals surface area (Å²) in [5.74, 6) is -0.447. The van der Waals surface area contributed by atoms with Crippen LogP contribution in [0.3, 0.4) is 0 Å². The number of hydrazone groups is 1. The lowest BCUT2D eigenvalue weighted by molar-refractivity contribution is -0.127. The number of hydrogen-bond acceptors (Lipinski definition) is 6. The second-order valence-electron chi connectivity index (χ2n) is 10.3. The minimum absolute atomic E-state index is 0.0684. The van der Waals surface area contributed by atoms with Crippen LogP contribution < -0.4 is 10.6 Å². The van der Waals surface area contributed by atoms with Crippen molar-refractivity contribution in [3.63, 3.8) is 0 Å². The van der Waals surface area contributed by atoms with Crippen LogP contribution >= 0.6 is 0 Å². The number of carbonyl (C=O) groups excluding carboxylic acids is 1. The molecular formula is C30H31FN8O. The summed E-state index contributed by atoms with van der Waals surface area (Å²) in [6.45, 7) is 9.04. The Hall–Kier alpha value is -4.57. The second kappa shape index (κ2) is 9.87. The van der Waals surface area contributed by atoms with E-state index < -0.39 is 5.54 Å². The van der Waals surface area contributed by atoms with Crippen molar-refractivity contribution in [3.05, 3.63) is 102 Å². The number of aryl methyl sites for hydroxylation is 1. The third-order valence-electron chi connectivity index (χ3n) is 7.79. The highest BCUT2D eigenvalue weighted by Gasteiger charge is 2.51. The summed E-state index contributed by atoms with van der Waals surface area (Å²) in [5.41, 5.74) is 6.00. The van der Waals surface area contributed by atoms with Crippen molar-refractivity contribution in [1.82, 2.24) is 35.4 Å². The maximum Gasteiger partial charge on any atom is 0.248 e. The van der Waals surface area contributed by atoms with E-state index in [0.717, 1.165) is 39.0 Å². The Morgan fingerprint density at radius 3 is 2.80 bits per heavy atom. The van der Waals surface area contributed by atoms with E-state index in [1.807, 2.05) is 49.3 Å². The molecule has 204 valence electrons. The van der Waals surface area contributed by atoms with Crippen LogP contribution in [0, 0.1) is 5.82 Å². The molecule has 40 heavy (non-hydrogen) atoms. The van der Waals surface area contributed by atoms with Gasteiger partial charge in [-0.3, -0.25) is 19.8 Å². The fourth-order valence-electron chi connectivity index (χ4n) is 5.61. The number of para-hydroxylation sites is 1. The van der Waals surface area contributed by atoms with E-state index in [1.54, 1.807) is 13.1 Å². The Morgan fingerprint density at radius 2 is 2.10 bits per heavy atom. The topological polar surface area (TPSA) is 103 Å². The van der Waals surface area contributed by atoms with Gasteiger partial charge in [0.25, 0.3) is 0 Å². The van der Waals surface area contributed by atoms with Gasteiger partial charge in [0.05, 0.1) is 42.0 Å².